The summed E-state index contributed by atoms with van der Waals surface area (Å²) >= 11 is 0. The number of aromatic nitrogens is 1. The highest BCUT2D eigenvalue weighted by Crippen LogP contribution is 2.25. The van der Waals surface area contributed by atoms with E-state index in [1.54, 1.807) is 0 Å². The van der Waals surface area contributed by atoms with Crippen molar-refractivity contribution in [3.8, 4) is 0 Å². The minimum absolute atomic E-state index is 0.147. The van der Waals surface area contributed by atoms with Gasteiger partial charge in [-0.05, 0) is 31.9 Å². The van der Waals surface area contributed by atoms with Crippen molar-refractivity contribution in [1.29, 1.82) is 0 Å². The van der Waals surface area contributed by atoms with Crippen LogP contribution in [0.4, 0.5) is 5.69 Å². The smallest absolute Gasteiger partial charge is 0.149 e. The van der Waals surface area contributed by atoms with Crippen LogP contribution in [0.2, 0.25) is 0 Å². The lowest BCUT2D eigenvalue weighted by Gasteiger charge is -2.26. The number of hydrogen-bond donors (Lipinski definition) is 0. The first kappa shape index (κ1) is 11.4. The van der Waals surface area contributed by atoms with E-state index in [0.29, 0.717) is 13.4 Å². The van der Waals surface area contributed by atoms with Crippen LogP contribution in [-0.2, 0) is 9.47 Å². The molecule has 1 aromatic rings. The van der Waals surface area contributed by atoms with Gasteiger partial charge in [-0.25, -0.2) is 0 Å². The molecule has 0 radical (unpaired) electrons. The molecule has 0 N–H and O–H groups in total. The highest BCUT2D eigenvalue weighted by Gasteiger charge is 2.25. The molecule has 88 valence electrons. The molecule has 1 aliphatic heterocycles. The van der Waals surface area contributed by atoms with Crippen molar-refractivity contribution < 1.29 is 9.47 Å². The summed E-state index contributed by atoms with van der Waals surface area (Å²) in [4.78, 5) is 6.29. The normalized spacial score (nSPS) is 20.3. The summed E-state index contributed by atoms with van der Waals surface area (Å²) in [5.74, 6) is 0. The standard InChI is InChI=1S/C12H18N2O2/c1-2-15-10-16-12-4-3-9-14(12)11-5-7-13-8-6-11/h5-8,12H,2-4,9-10H2,1H3. The Balaban J connectivity index is 1.93. The third-order valence-electron chi connectivity index (χ3n) is 2.74. The topological polar surface area (TPSA) is 34.6 Å². The van der Waals surface area contributed by atoms with E-state index in [4.69, 9.17) is 9.47 Å². The predicted octanol–water partition coefficient (Wildman–Crippen LogP) is 2.02. The molecule has 1 aliphatic rings. The molecule has 4 nitrogen and oxygen atoms in total. The van der Waals surface area contributed by atoms with Crippen LogP contribution in [0.3, 0.4) is 0 Å². The van der Waals surface area contributed by atoms with Crippen molar-refractivity contribution in [2.45, 2.75) is 26.0 Å². The third-order valence-corrected chi connectivity index (χ3v) is 2.74. The molecular formula is C12H18N2O2. The number of ether oxygens (including phenoxy) is 2. The molecule has 1 fully saturated rings. The zero-order chi connectivity index (χ0) is 11.2. The summed E-state index contributed by atoms with van der Waals surface area (Å²) in [6.45, 7) is 4.09. The Morgan fingerprint density at radius 1 is 1.44 bits per heavy atom. The van der Waals surface area contributed by atoms with Crippen LogP contribution >= 0.6 is 0 Å². The zero-order valence-electron chi connectivity index (χ0n) is 9.63. The van der Waals surface area contributed by atoms with Crippen molar-refractivity contribution in [2.75, 3.05) is 24.8 Å². The molecule has 0 aliphatic carbocycles. The summed E-state index contributed by atoms with van der Waals surface area (Å²) in [6.07, 6.45) is 6.00. The maximum atomic E-state index is 5.69. The van der Waals surface area contributed by atoms with Crippen molar-refractivity contribution >= 4 is 5.69 Å². The van der Waals surface area contributed by atoms with Crippen LogP contribution in [0, 0.1) is 0 Å². The van der Waals surface area contributed by atoms with Crippen molar-refractivity contribution in [2.24, 2.45) is 0 Å². The second-order valence-electron chi connectivity index (χ2n) is 3.77. The molecule has 1 saturated heterocycles. The van der Waals surface area contributed by atoms with Crippen molar-refractivity contribution in [3.05, 3.63) is 24.5 Å². The summed E-state index contributed by atoms with van der Waals surface area (Å²) < 4.78 is 10.9. The number of pyridine rings is 1. The van der Waals surface area contributed by atoms with E-state index >= 15 is 0 Å². The Hall–Kier alpha value is -1.13. The number of rotatable bonds is 5. The van der Waals surface area contributed by atoms with Gasteiger partial charge in [0.2, 0.25) is 0 Å². The van der Waals surface area contributed by atoms with E-state index in [-0.39, 0.29) is 6.23 Å². The molecule has 1 atom stereocenters. The van der Waals surface area contributed by atoms with Crippen molar-refractivity contribution in [1.82, 2.24) is 4.98 Å². The van der Waals surface area contributed by atoms with Gasteiger partial charge in [-0.2, -0.15) is 0 Å². The van der Waals surface area contributed by atoms with E-state index in [2.05, 4.69) is 9.88 Å². The molecule has 0 aromatic carbocycles. The monoisotopic (exact) mass is 222 g/mol. The lowest BCUT2D eigenvalue weighted by atomic mass is 10.3. The number of nitrogens with zero attached hydrogens (tertiary/aromatic N) is 2. The van der Waals surface area contributed by atoms with Gasteiger partial charge >= 0.3 is 0 Å². The SMILES string of the molecule is CCOCOC1CCCN1c1ccncc1. The van der Waals surface area contributed by atoms with Crippen LogP contribution in [0.15, 0.2) is 24.5 Å². The maximum absolute atomic E-state index is 5.69. The van der Waals surface area contributed by atoms with E-state index in [0.717, 1.165) is 13.0 Å². The molecule has 1 unspecified atom stereocenters. The fraction of sp³-hybridized carbons (Fsp3) is 0.583. The summed E-state index contributed by atoms with van der Waals surface area (Å²) in [5, 5.41) is 0. The molecule has 0 spiro atoms. The minimum Gasteiger partial charge on any atom is -0.356 e. The van der Waals surface area contributed by atoms with Gasteiger partial charge in [0, 0.05) is 31.2 Å². The van der Waals surface area contributed by atoms with Crippen LogP contribution in [-0.4, -0.2) is 31.2 Å². The Morgan fingerprint density at radius 2 is 2.25 bits per heavy atom. The molecule has 0 amide bonds. The van der Waals surface area contributed by atoms with Gasteiger partial charge in [-0.15, -0.1) is 0 Å². The van der Waals surface area contributed by atoms with Crippen molar-refractivity contribution in [3.63, 3.8) is 0 Å². The molecule has 2 heterocycles. The van der Waals surface area contributed by atoms with Gasteiger partial charge in [0.15, 0.2) is 0 Å². The molecular weight excluding hydrogens is 204 g/mol. The van der Waals surface area contributed by atoms with Gasteiger partial charge in [-0.1, -0.05) is 0 Å². The third kappa shape index (κ3) is 2.71. The fourth-order valence-electron chi connectivity index (χ4n) is 1.95. The van der Waals surface area contributed by atoms with Crippen LogP contribution in [0.25, 0.3) is 0 Å². The van der Waals surface area contributed by atoms with E-state index in [9.17, 15) is 0 Å². The quantitative estimate of drug-likeness (QED) is 0.564. The molecule has 4 heteroatoms. The lowest BCUT2D eigenvalue weighted by molar-refractivity contribution is -0.0822. The minimum atomic E-state index is 0.147. The molecule has 2 rings (SSSR count). The predicted molar refractivity (Wildman–Crippen MR) is 62.2 cm³/mol. The average Bonchev–Trinajstić information content (AvgIpc) is 2.79. The van der Waals surface area contributed by atoms with Crippen LogP contribution in [0.1, 0.15) is 19.8 Å². The Bertz CT molecular complexity index is 305. The molecule has 0 bridgehead atoms. The largest absolute Gasteiger partial charge is 0.356 e. The summed E-state index contributed by atoms with van der Waals surface area (Å²) in [6, 6.07) is 4.03. The highest BCUT2D eigenvalue weighted by atomic mass is 16.7. The first-order valence-electron chi connectivity index (χ1n) is 5.78. The van der Waals surface area contributed by atoms with Gasteiger partial charge in [0.05, 0.1) is 0 Å². The van der Waals surface area contributed by atoms with E-state index in [1.807, 2.05) is 31.5 Å². The van der Waals surface area contributed by atoms with Crippen LogP contribution < -0.4 is 4.90 Å². The molecule has 16 heavy (non-hydrogen) atoms. The number of anilines is 1. The summed E-state index contributed by atoms with van der Waals surface area (Å²) in [7, 11) is 0. The van der Waals surface area contributed by atoms with Crippen LogP contribution in [0.5, 0.6) is 0 Å². The van der Waals surface area contributed by atoms with Gasteiger partial charge < -0.3 is 14.4 Å². The average molecular weight is 222 g/mol. The second-order valence-corrected chi connectivity index (χ2v) is 3.77. The zero-order valence-corrected chi connectivity index (χ0v) is 9.63. The fourth-order valence-corrected chi connectivity index (χ4v) is 1.95. The Kier molecular flexibility index (Phi) is 4.13. The molecule has 1 aromatic heterocycles. The van der Waals surface area contributed by atoms with E-state index < -0.39 is 0 Å². The van der Waals surface area contributed by atoms with Gasteiger partial charge in [-0.3, -0.25) is 4.98 Å². The lowest BCUT2D eigenvalue weighted by Crippen LogP contribution is -2.32. The van der Waals surface area contributed by atoms with Gasteiger partial charge in [0.25, 0.3) is 0 Å². The first-order valence-corrected chi connectivity index (χ1v) is 5.78. The Labute approximate surface area is 96.2 Å². The number of hydrogen-bond acceptors (Lipinski definition) is 4. The Morgan fingerprint density at radius 3 is 3.00 bits per heavy atom. The van der Waals surface area contributed by atoms with Gasteiger partial charge in [0.1, 0.15) is 13.0 Å². The van der Waals surface area contributed by atoms with E-state index in [1.165, 1.54) is 12.1 Å². The maximum Gasteiger partial charge on any atom is 0.149 e. The highest BCUT2D eigenvalue weighted by molar-refractivity contribution is 5.46. The summed E-state index contributed by atoms with van der Waals surface area (Å²) in [5.41, 5.74) is 1.17. The first-order chi connectivity index (χ1) is 7.92. The molecule has 0 saturated carbocycles. The second kappa shape index (κ2) is 5.82.